The SMILES string of the molecule is NC(=O)C(O)CNCc1ccc(F)c(-c2cccs2)c1. The molecule has 106 valence electrons. The van der Waals surface area contributed by atoms with Crippen LogP contribution in [0.5, 0.6) is 0 Å². The molecule has 0 aliphatic carbocycles. The van der Waals surface area contributed by atoms with Crippen molar-refractivity contribution >= 4 is 17.2 Å². The molecule has 0 aliphatic rings. The number of aliphatic hydroxyl groups is 1. The number of rotatable bonds is 6. The van der Waals surface area contributed by atoms with Gasteiger partial charge in [0, 0.05) is 23.5 Å². The van der Waals surface area contributed by atoms with E-state index in [4.69, 9.17) is 5.73 Å². The monoisotopic (exact) mass is 294 g/mol. The summed E-state index contributed by atoms with van der Waals surface area (Å²) in [4.78, 5) is 11.5. The number of primary amides is 1. The number of nitrogens with two attached hydrogens (primary N) is 1. The molecule has 0 saturated carbocycles. The number of amides is 1. The Morgan fingerprint density at radius 1 is 1.45 bits per heavy atom. The zero-order chi connectivity index (χ0) is 14.5. The summed E-state index contributed by atoms with van der Waals surface area (Å²) in [5.74, 6) is -1.04. The summed E-state index contributed by atoms with van der Waals surface area (Å²) in [6.07, 6.45) is -1.22. The Hall–Kier alpha value is -1.76. The Kier molecular flexibility index (Phi) is 4.84. The van der Waals surface area contributed by atoms with Gasteiger partial charge >= 0.3 is 0 Å². The first kappa shape index (κ1) is 14.6. The van der Waals surface area contributed by atoms with Crippen molar-refractivity contribution in [3.05, 3.63) is 47.1 Å². The topological polar surface area (TPSA) is 75.4 Å². The number of benzene rings is 1. The largest absolute Gasteiger partial charge is 0.382 e. The molecule has 0 radical (unpaired) electrons. The van der Waals surface area contributed by atoms with Crippen LogP contribution in [0.25, 0.3) is 10.4 Å². The molecule has 1 heterocycles. The fourth-order valence-corrected chi connectivity index (χ4v) is 2.50. The van der Waals surface area contributed by atoms with Crippen LogP contribution >= 0.6 is 11.3 Å². The number of thiophene rings is 1. The molecule has 1 aromatic carbocycles. The molecule has 0 aliphatic heterocycles. The highest BCUT2D eigenvalue weighted by atomic mass is 32.1. The number of nitrogens with one attached hydrogen (secondary N) is 1. The van der Waals surface area contributed by atoms with Crippen molar-refractivity contribution in [1.29, 1.82) is 0 Å². The maximum Gasteiger partial charge on any atom is 0.247 e. The van der Waals surface area contributed by atoms with E-state index in [0.717, 1.165) is 10.4 Å². The van der Waals surface area contributed by atoms with Gasteiger partial charge in [0.15, 0.2) is 0 Å². The third-order valence-corrected chi connectivity index (χ3v) is 3.72. The van der Waals surface area contributed by atoms with Crippen LogP contribution in [0.15, 0.2) is 35.7 Å². The number of aliphatic hydroxyl groups excluding tert-OH is 1. The minimum atomic E-state index is -1.22. The Balaban J connectivity index is 2.03. The lowest BCUT2D eigenvalue weighted by Crippen LogP contribution is -2.37. The molecule has 4 nitrogen and oxygen atoms in total. The zero-order valence-electron chi connectivity index (χ0n) is 10.7. The summed E-state index contributed by atoms with van der Waals surface area (Å²) >= 11 is 1.47. The molecule has 6 heteroatoms. The van der Waals surface area contributed by atoms with Crippen molar-refractivity contribution in [3.63, 3.8) is 0 Å². The number of carbonyl (C=O) groups excluding carboxylic acids is 1. The van der Waals surface area contributed by atoms with Gasteiger partial charge in [0.05, 0.1) is 0 Å². The van der Waals surface area contributed by atoms with Crippen molar-refractivity contribution in [1.82, 2.24) is 5.32 Å². The van der Waals surface area contributed by atoms with E-state index in [1.54, 1.807) is 12.1 Å². The van der Waals surface area contributed by atoms with Crippen LogP contribution in [0.1, 0.15) is 5.56 Å². The van der Waals surface area contributed by atoms with Gasteiger partial charge < -0.3 is 16.2 Å². The Bertz CT molecular complexity index is 587. The van der Waals surface area contributed by atoms with Gasteiger partial charge in [-0.1, -0.05) is 12.1 Å². The fraction of sp³-hybridized carbons (Fsp3) is 0.214. The molecule has 20 heavy (non-hydrogen) atoms. The van der Waals surface area contributed by atoms with Crippen LogP contribution in [0.2, 0.25) is 0 Å². The van der Waals surface area contributed by atoms with E-state index in [-0.39, 0.29) is 12.4 Å². The second kappa shape index (κ2) is 6.60. The summed E-state index contributed by atoms with van der Waals surface area (Å²) in [5, 5.41) is 14.1. The van der Waals surface area contributed by atoms with Crippen LogP contribution < -0.4 is 11.1 Å². The van der Waals surface area contributed by atoms with Gasteiger partial charge in [-0.05, 0) is 29.1 Å². The van der Waals surface area contributed by atoms with Gasteiger partial charge in [-0.15, -0.1) is 11.3 Å². The van der Waals surface area contributed by atoms with Crippen molar-refractivity contribution in [2.24, 2.45) is 5.73 Å². The molecule has 0 spiro atoms. The highest BCUT2D eigenvalue weighted by molar-refractivity contribution is 7.13. The van der Waals surface area contributed by atoms with E-state index in [0.29, 0.717) is 12.1 Å². The van der Waals surface area contributed by atoms with E-state index in [2.05, 4.69) is 5.32 Å². The molecule has 4 N–H and O–H groups in total. The molecule has 1 amide bonds. The normalized spacial score (nSPS) is 12.3. The van der Waals surface area contributed by atoms with Crippen molar-refractivity contribution < 1.29 is 14.3 Å². The van der Waals surface area contributed by atoms with Crippen LogP contribution in [0.4, 0.5) is 4.39 Å². The van der Waals surface area contributed by atoms with Crippen molar-refractivity contribution in [2.75, 3.05) is 6.54 Å². The molecular weight excluding hydrogens is 279 g/mol. The van der Waals surface area contributed by atoms with E-state index in [1.807, 2.05) is 17.5 Å². The van der Waals surface area contributed by atoms with E-state index >= 15 is 0 Å². The lowest BCUT2D eigenvalue weighted by Gasteiger charge is -2.09. The molecule has 2 aromatic rings. The van der Waals surface area contributed by atoms with Crippen LogP contribution in [-0.2, 0) is 11.3 Å². The summed E-state index contributed by atoms with van der Waals surface area (Å²) in [6, 6.07) is 8.56. The second-order valence-corrected chi connectivity index (χ2v) is 5.29. The Morgan fingerprint density at radius 3 is 2.90 bits per heavy atom. The maximum atomic E-state index is 13.8. The summed E-state index contributed by atoms with van der Waals surface area (Å²) in [6.45, 7) is 0.490. The lowest BCUT2D eigenvalue weighted by atomic mass is 10.1. The van der Waals surface area contributed by atoms with Gasteiger partial charge in [-0.3, -0.25) is 4.79 Å². The van der Waals surface area contributed by atoms with Crippen LogP contribution in [-0.4, -0.2) is 23.7 Å². The molecule has 1 atom stereocenters. The van der Waals surface area contributed by atoms with Crippen LogP contribution in [0.3, 0.4) is 0 Å². The quantitative estimate of drug-likeness (QED) is 0.755. The number of hydrogen-bond acceptors (Lipinski definition) is 4. The maximum absolute atomic E-state index is 13.8. The number of hydrogen-bond donors (Lipinski definition) is 3. The molecule has 0 fully saturated rings. The standard InChI is InChI=1S/C14H15FN2O2S/c15-11-4-3-9(7-17-8-12(18)14(16)19)6-10(11)13-2-1-5-20-13/h1-6,12,17-18H,7-8H2,(H2,16,19). The second-order valence-electron chi connectivity index (χ2n) is 4.34. The third kappa shape index (κ3) is 3.63. The van der Waals surface area contributed by atoms with E-state index in [9.17, 15) is 14.3 Å². The summed E-state index contributed by atoms with van der Waals surface area (Å²) < 4.78 is 13.8. The third-order valence-electron chi connectivity index (χ3n) is 2.81. The van der Waals surface area contributed by atoms with E-state index in [1.165, 1.54) is 17.4 Å². The van der Waals surface area contributed by atoms with Crippen LogP contribution in [0, 0.1) is 5.82 Å². The number of carbonyl (C=O) groups is 1. The molecule has 1 unspecified atom stereocenters. The Morgan fingerprint density at radius 2 is 2.25 bits per heavy atom. The molecule has 0 bridgehead atoms. The molecule has 1 aromatic heterocycles. The Labute approximate surface area is 120 Å². The minimum Gasteiger partial charge on any atom is -0.382 e. The average molecular weight is 294 g/mol. The van der Waals surface area contributed by atoms with Crippen molar-refractivity contribution in [2.45, 2.75) is 12.6 Å². The first-order valence-corrected chi connectivity index (χ1v) is 6.96. The number of halogens is 1. The highest BCUT2D eigenvalue weighted by Gasteiger charge is 2.10. The fourth-order valence-electron chi connectivity index (χ4n) is 1.76. The minimum absolute atomic E-state index is 0.0705. The van der Waals surface area contributed by atoms with Crippen molar-refractivity contribution in [3.8, 4) is 10.4 Å². The van der Waals surface area contributed by atoms with Gasteiger partial charge in [-0.25, -0.2) is 4.39 Å². The smallest absolute Gasteiger partial charge is 0.247 e. The first-order chi connectivity index (χ1) is 9.58. The zero-order valence-corrected chi connectivity index (χ0v) is 11.5. The lowest BCUT2D eigenvalue weighted by molar-refractivity contribution is -0.125. The molecule has 0 saturated heterocycles. The molecular formula is C14H15FN2O2S. The average Bonchev–Trinajstić information content (AvgIpc) is 2.94. The predicted molar refractivity (Wildman–Crippen MR) is 76.6 cm³/mol. The van der Waals surface area contributed by atoms with Gasteiger partial charge in [0.1, 0.15) is 11.9 Å². The van der Waals surface area contributed by atoms with Gasteiger partial charge in [-0.2, -0.15) is 0 Å². The highest BCUT2D eigenvalue weighted by Crippen LogP contribution is 2.28. The first-order valence-electron chi connectivity index (χ1n) is 6.08. The predicted octanol–water partition coefficient (Wildman–Crippen LogP) is 1.49. The van der Waals surface area contributed by atoms with E-state index < -0.39 is 12.0 Å². The van der Waals surface area contributed by atoms with Gasteiger partial charge in [0.2, 0.25) is 5.91 Å². The molecule has 2 rings (SSSR count). The summed E-state index contributed by atoms with van der Waals surface area (Å²) in [5.41, 5.74) is 6.36. The van der Waals surface area contributed by atoms with Gasteiger partial charge in [0.25, 0.3) is 0 Å². The summed E-state index contributed by atoms with van der Waals surface area (Å²) in [7, 11) is 0.